The first-order valence-electron chi connectivity index (χ1n) is 9.72. The van der Waals surface area contributed by atoms with Crippen LogP contribution in [0.4, 0.5) is 4.39 Å². The van der Waals surface area contributed by atoms with Gasteiger partial charge in [0.05, 0.1) is 24.3 Å². The highest BCUT2D eigenvalue weighted by Gasteiger charge is 2.24. The Labute approximate surface area is 183 Å². The van der Waals surface area contributed by atoms with Crippen LogP contribution in [-0.4, -0.2) is 34.3 Å². The van der Waals surface area contributed by atoms with E-state index in [1.807, 2.05) is 13.8 Å². The molecule has 0 bridgehead atoms. The number of carbonyl (C=O) groups is 1. The van der Waals surface area contributed by atoms with Crippen molar-refractivity contribution in [2.75, 3.05) is 13.7 Å². The molecule has 0 radical (unpaired) electrons. The van der Waals surface area contributed by atoms with Gasteiger partial charge in [0.25, 0.3) is 5.56 Å². The number of aliphatic hydroxyl groups is 1. The van der Waals surface area contributed by atoms with Crippen molar-refractivity contribution in [2.45, 2.75) is 26.2 Å². The van der Waals surface area contributed by atoms with Crippen LogP contribution in [0.5, 0.6) is 5.75 Å². The minimum absolute atomic E-state index is 0.0147. The molecule has 0 fully saturated rings. The van der Waals surface area contributed by atoms with Gasteiger partial charge in [-0.05, 0) is 29.2 Å². The van der Waals surface area contributed by atoms with Gasteiger partial charge < -0.3 is 14.9 Å². The lowest BCUT2D eigenvalue weighted by Gasteiger charge is -2.22. The summed E-state index contributed by atoms with van der Waals surface area (Å²) in [6, 6.07) is 7.57. The minimum atomic E-state index is -1.36. The first kappa shape index (κ1) is 22.8. The number of carboxylic acid groups (broad SMARTS) is 1. The number of hydrogen-bond acceptors (Lipinski definition) is 4. The van der Waals surface area contributed by atoms with E-state index in [0.29, 0.717) is 28.0 Å². The highest BCUT2D eigenvalue weighted by Crippen LogP contribution is 2.32. The molecule has 1 atom stereocenters. The van der Waals surface area contributed by atoms with E-state index in [1.165, 1.54) is 29.8 Å². The molecule has 0 saturated heterocycles. The van der Waals surface area contributed by atoms with Gasteiger partial charge in [-0.1, -0.05) is 37.6 Å². The molecule has 3 aromatic rings. The summed E-state index contributed by atoms with van der Waals surface area (Å²) >= 11 is 5.88. The molecule has 164 valence electrons. The lowest BCUT2D eigenvalue weighted by atomic mass is 9.87. The van der Waals surface area contributed by atoms with Crippen LogP contribution < -0.4 is 10.3 Å². The van der Waals surface area contributed by atoms with Crippen LogP contribution in [0.15, 0.2) is 41.3 Å². The van der Waals surface area contributed by atoms with Gasteiger partial charge in [-0.2, -0.15) is 0 Å². The standard InChI is InChI=1S/C23H23ClFNO5/c1-12(2)17(11-27)15-8-16(23(29)30)22(28)26-10-14(20(31-3)9-19(15)26)7-13-5-4-6-18(24)21(13)25/h4-6,8-10,12,17,27H,7,11H2,1-3H3,(H,29,30)/t17-/m1/s1. The Kier molecular flexibility index (Phi) is 6.67. The van der Waals surface area contributed by atoms with Crippen molar-refractivity contribution in [3.63, 3.8) is 0 Å². The molecule has 0 aliphatic rings. The molecule has 0 unspecified atom stereocenters. The molecule has 6 nitrogen and oxygen atoms in total. The van der Waals surface area contributed by atoms with Crippen LogP contribution >= 0.6 is 11.6 Å². The van der Waals surface area contributed by atoms with Crippen molar-refractivity contribution in [1.82, 2.24) is 4.40 Å². The Morgan fingerprint density at radius 1 is 1.26 bits per heavy atom. The highest BCUT2D eigenvalue weighted by atomic mass is 35.5. The molecule has 0 saturated carbocycles. The van der Waals surface area contributed by atoms with Gasteiger partial charge in [0.1, 0.15) is 17.1 Å². The molecule has 0 aliphatic heterocycles. The zero-order chi connectivity index (χ0) is 22.9. The fourth-order valence-corrected chi connectivity index (χ4v) is 3.91. The highest BCUT2D eigenvalue weighted by molar-refractivity contribution is 6.30. The Balaban J connectivity index is 2.32. The lowest BCUT2D eigenvalue weighted by molar-refractivity contribution is 0.0694. The second kappa shape index (κ2) is 9.08. The largest absolute Gasteiger partial charge is 0.496 e. The van der Waals surface area contributed by atoms with E-state index in [9.17, 15) is 24.2 Å². The number of hydrogen-bond donors (Lipinski definition) is 2. The van der Waals surface area contributed by atoms with Crippen LogP contribution in [0.25, 0.3) is 5.52 Å². The monoisotopic (exact) mass is 447 g/mol. The topological polar surface area (TPSA) is 88.2 Å². The van der Waals surface area contributed by atoms with Gasteiger partial charge in [-0.25, -0.2) is 9.18 Å². The van der Waals surface area contributed by atoms with E-state index in [0.717, 1.165) is 0 Å². The summed E-state index contributed by atoms with van der Waals surface area (Å²) < 4.78 is 21.2. The Morgan fingerprint density at radius 3 is 2.55 bits per heavy atom. The maximum atomic E-state index is 14.4. The normalized spacial score (nSPS) is 12.4. The number of benzene rings is 1. The average molecular weight is 448 g/mol. The summed E-state index contributed by atoms with van der Waals surface area (Å²) in [4.78, 5) is 24.6. The number of aliphatic hydroxyl groups excluding tert-OH is 1. The van der Waals surface area contributed by atoms with Crippen LogP contribution in [0.1, 0.15) is 46.8 Å². The summed E-state index contributed by atoms with van der Waals surface area (Å²) in [6.07, 6.45) is 1.54. The molecule has 2 aromatic heterocycles. The first-order chi connectivity index (χ1) is 14.7. The van der Waals surface area contributed by atoms with E-state index >= 15 is 0 Å². The predicted octanol–water partition coefficient (Wildman–Crippen LogP) is 4.12. The summed E-state index contributed by atoms with van der Waals surface area (Å²) in [7, 11) is 1.46. The number of pyridine rings is 2. The lowest BCUT2D eigenvalue weighted by Crippen LogP contribution is -2.25. The maximum absolute atomic E-state index is 14.4. The zero-order valence-electron chi connectivity index (χ0n) is 17.4. The van der Waals surface area contributed by atoms with Gasteiger partial charge in [-0.15, -0.1) is 0 Å². The third kappa shape index (κ3) is 4.29. The number of aromatic nitrogens is 1. The van der Waals surface area contributed by atoms with Crippen LogP contribution in [0.2, 0.25) is 5.02 Å². The number of aromatic carboxylic acids is 1. The van der Waals surface area contributed by atoms with E-state index in [2.05, 4.69) is 0 Å². The van der Waals surface area contributed by atoms with Crippen LogP contribution in [0.3, 0.4) is 0 Å². The molecule has 2 N–H and O–H groups in total. The number of carboxylic acids is 1. The van der Waals surface area contributed by atoms with E-state index < -0.39 is 28.8 Å². The van der Waals surface area contributed by atoms with Crippen molar-refractivity contribution in [3.8, 4) is 5.75 Å². The third-order valence-corrected chi connectivity index (χ3v) is 5.73. The number of methoxy groups -OCH3 is 1. The zero-order valence-corrected chi connectivity index (χ0v) is 18.1. The molecule has 0 aliphatic carbocycles. The van der Waals surface area contributed by atoms with Gasteiger partial charge in [0.2, 0.25) is 0 Å². The molecule has 31 heavy (non-hydrogen) atoms. The molecule has 3 rings (SSSR count). The van der Waals surface area contributed by atoms with Crippen LogP contribution in [-0.2, 0) is 6.42 Å². The fourth-order valence-electron chi connectivity index (χ4n) is 3.72. The summed E-state index contributed by atoms with van der Waals surface area (Å²) in [5.41, 5.74) is 0.613. The Bertz CT molecular complexity index is 1200. The summed E-state index contributed by atoms with van der Waals surface area (Å²) in [6.45, 7) is 3.58. The molecule has 1 aromatic carbocycles. The Hall–Kier alpha value is -2.90. The number of halogens is 2. The van der Waals surface area contributed by atoms with Crippen molar-refractivity contribution in [1.29, 1.82) is 0 Å². The van der Waals surface area contributed by atoms with Gasteiger partial charge in [0.15, 0.2) is 0 Å². The number of fused-ring (bicyclic) bond motifs is 1. The SMILES string of the molecule is COc1cc2c([C@H](CO)C(C)C)cc(C(=O)O)c(=O)n2cc1Cc1cccc(Cl)c1F. The Morgan fingerprint density at radius 2 is 1.97 bits per heavy atom. The first-order valence-corrected chi connectivity index (χ1v) is 10.1. The van der Waals surface area contributed by atoms with Gasteiger partial charge in [0, 0.05) is 30.2 Å². The maximum Gasteiger partial charge on any atom is 0.341 e. The quantitative estimate of drug-likeness (QED) is 0.568. The van der Waals surface area contributed by atoms with Gasteiger partial charge in [-0.3, -0.25) is 9.20 Å². The summed E-state index contributed by atoms with van der Waals surface area (Å²) in [5, 5.41) is 19.4. The van der Waals surface area contributed by atoms with Crippen molar-refractivity contribution in [2.24, 2.45) is 5.92 Å². The van der Waals surface area contributed by atoms with E-state index in [1.54, 1.807) is 18.2 Å². The van der Waals surface area contributed by atoms with Crippen molar-refractivity contribution >= 4 is 23.1 Å². The average Bonchev–Trinajstić information content (AvgIpc) is 2.72. The molecule has 0 spiro atoms. The molecule has 2 heterocycles. The number of rotatable bonds is 7. The van der Waals surface area contributed by atoms with Crippen LogP contribution in [0, 0.1) is 11.7 Å². The molecular formula is C23H23ClFNO5. The predicted molar refractivity (Wildman–Crippen MR) is 116 cm³/mol. The van der Waals surface area contributed by atoms with E-state index in [4.69, 9.17) is 16.3 Å². The fraction of sp³-hybridized carbons (Fsp3) is 0.304. The van der Waals surface area contributed by atoms with E-state index in [-0.39, 0.29) is 24.0 Å². The molecule has 8 heteroatoms. The minimum Gasteiger partial charge on any atom is -0.496 e. The summed E-state index contributed by atoms with van der Waals surface area (Å²) in [5.74, 6) is -1.93. The second-order valence-electron chi connectivity index (χ2n) is 7.67. The number of nitrogens with zero attached hydrogens (tertiary/aromatic N) is 1. The second-order valence-corrected chi connectivity index (χ2v) is 8.08. The third-order valence-electron chi connectivity index (χ3n) is 5.44. The van der Waals surface area contributed by atoms with Crippen molar-refractivity contribution < 1.29 is 24.1 Å². The molecular weight excluding hydrogens is 425 g/mol. The van der Waals surface area contributed by atoms with Crippen molar-refractivity contribution in [3.05, 3.63) is 80.0 Å². The smallest absolute Gasteiger partial charge is 0.341 e. The van der Waals surface area contributed by atoms with Gasteiger partial charge >= 0.3 is 5.97 Å². The number of ether oxygens (including phenoxy) is 1. The molecule has 0 amide bonds.